The largest absolute Gasteiger partial charge is 0.422 e. The van der Waals surface area contributed by atoms with E-state index < -0.39 is 11.7 Å². The number of aromatic nitrogens is 2. The molecule has 0 saturated carbocycles. The first-order valence-electron chi connectivity index (χ1n) is 11.5. The van der Waals surface area contributed by atoms with Gasteiger partial charge in [-0.15, -0.1) is 0 Å². The Bertz CT molecular complexity index is 1360. The maximum absolute atomic E-state index is 14.2. The molecule has 6 rings (SSSR count). The van der Waals surface area contributed by atoms with Crippen LogP contribution in [0.15, 0.2) is 57.6 Å². The maximum Gasteiger partial charge on any atom is 0.422 e. The lowest BCUT2D eigenvalue weighted by Crippen LogP contribution is -2.35. The first kappa shape index (κ1) is 22.1. The van der Waals surface area contributed by atoms with Crippen molar-refractivity contribution in [1.82, 2.24) is 15.2 Å². The summed E-state index contributed by atoms with van der Waals surface area (Å²) in [4.78, 5) is 2.35. The predicted octanol–water partition coefficient (Wildman–Crippen LogP) is 5.61. The van der Waals surface area contributed by atoms with Crippen molar-refractivity contribution in [3.05, 3.63) is 70.8 Å². The molecule has 9 heteroatoms. The number of hydrogen-bond donors (Lipinski definition) is 0. The molecule has 2 aromatic carbocycles. The minimum atomic E-state index is -4.68. The topological polar surface area (TPSA) is 64.5 Å². The van der Waals surface area contributed by atoms with E-state index >= 15 is 0 Å². The molecule has 0 bridgehead atoms. The molecule has 3 heterocycles. The van der Waals surface area contributed by atoms with Gasteiger partial charge in [-0.3, -0.25) is 4.90 Å². The first-order chi connectivity index (χ1) is 17.0. The summed E-state index contributed by atoms with van der Waals surface area (Å²) >= 11 is 0. The molecular formula is C26H22F3N3O3. The van der Waals surface area contributed by atoms with E-state index in [1.54, 1.807) is 30.3 Å². The Morgan fingerprint density at radius 3 is 2.37 bits per heavy atom. The summed E-state index contributed by atoms with van der Waals surface area (Å²) in [6.45, 7) is 4.12. The molecule has 2 aliphatic rings. The van der Waals surface area contributed by atoms with Crippen molar-refractivity contribution in [3.8, 4) is 34.0 Å². The molecule has 1 fully saturated rings. The molecule has 180 valence electrons. The minimum Gasteiger partial charge on any atom is -0.379 e. The van der Waals surface area contributed by atoms with Gasteiger partial charge in [0.15, 0.2) is 17.2 Å². The highest BCUT2D eigenvalue weighted by molar-refractivity contribution is 5.79. The predicted molar refractivity (Wildman–Crippen MR) is 121 cm³/mol. The zero-order chi connectivity index (χ0) is 24.0. The molecule has 1 saturated heterocycles. The van der Waals surface area contributed by atoms with Gasteiger partial charge in [-0.2, -0.15) is 13.2 Å². The third-order valence-corrected chi connectivity index (χ3v) is 6.59. The second-order valence-electron chi connectivity index (χ2n) is 8.82. The van der Waals surface area contributed by atoms with Crippen LogP contribution < -0.4 is 0 Å². The zero-order valence-electron chi connectivity index (χ0n) is 18.8. The number of alkyl halides is 3. The van der Waals surface area contributed by atoms with Gasteiger partial charge in [0.25, 0.3) is 0 Å². The van der Waals surface area contributed by atoms with E-state index in [-0.39, 0.29) is 17.2 Å². The van der Waals surface area contributed by atoms with Crippen molar-refractivity contribution >= 4 is 0 Å². The Morgan fingerprint density at radius 2 is 1.60 bits per heavy atom. The van der Waals surface area contributed by atoms with Crippen molar-refractivity contribution in [2.24, 2.45) is 0 Å². The molecule has 4 aromatic rings. The van der Waals surface area contributed by atoms with Gasteiger partial charge in [0, 0.05) is 36.3 Å². The normalized spacial score (nSPS) is 16.2. The number of rotatable bonds is 4. The third kappa shape index (κ3) is 4.04. The lowest BCUT2D eigenvalue weighted by atomic mass is 9.87. The third-order valence-electron chi connectivity index (χ3n) is 6.59. The summed E-state index contributed by atoms with van der Waals surface area (Å²) < 4.78 is 58.6. The maximum atomic E-state index is 14.2. The molecule has 0 atom stereocenters. The molecule has 35 heavy (non-hydrogen) atoms. The standard InChI is InChI=1S/C26H22F3N3O3/c27-26(28,29)21-23(31-34-24(21)17-4-2-1-3-5-17)25-20-9-7-18-14-16(15-32-10-12-33-13-11-32)6-8-19(18)22(20)30-35-25/h1-6,8,14H,7,9-13,15H2. The van der Waals surface area contributed by atoms with Gasteiger partial charge in [0.2, 0.25) is 0 Å². The summed E-state index contributed by atoms with van der Waals surface area (Å²) in [7, 11) is 0. The number of ether oxygens (including phenoxy) is 1. The molecule has 1 aliphatic carbocycles. The second-order valence-corrected chi connectivity index (χ2v) is 8.82. The number of fused-ring (bicyclic) bond motifs is 3. The number of morpholine rings is 1. The van der Waals surface area contributed by atoms with Crippen molar-refractivity contribution in [2.45, 2.75) is 25.6 Å². The number of hydrogen-bond acceptors (Lipinski definition) is 6. The number of halogens is 3. The summed E-state index contributed by atoms with van der Waals surface area (Å²) in [5.74, 6) is -0.316. The minimum absolute atomic E-state index is 0.0151. The van der Waals surface area contributed by atoms with Gasteiger partial charge >= 0.3 is 6.18 Å². The van der Waals surface area contributed by atoms with Crippen molar-refractivity contribution in [3.63, 3.8) is 0 Å². The van der Waals surface area contributed by atoms with Crippen LogP contribution in [0.25, 0.3) is 34.0 Å². The fourth-order valence-corrected chi connectivity index (χ4v) is 4.89. The van der Waals surface area contributed by atoms with Crippen molar-refractivity contribution < 1.29 is 27.0 Å². The Balaban J connectivity index is 1.37. The fraction of sp³-hybridized carbons (Fsp3) is 0.308. The zero-order valence-corrected chi connectivity index (χ0v) is 18.8. The molecular weight excluding hydrogens is 459 g/mol. The summed E-state index contributed by atoms with van der Waals surface area (Å²) in [6, 6.07) is 14.3. The Kier molecular flexibility index (Phi) is 5.46. The van der Waals surface area contributed by atoms with Gasteiger partial charge in [-0.1, -0.05) is 58.8 Å². The highest BCUT2D eigenvalue weighted by atomic mass is 19.4. The smallest absolute Gasteiger partial charge is 0.379 e. The Hall–Kier alpha value is -3.43. The van der Waals surface area contributed by atoms with Crippen LogP contribution in [0, 0.1) is 0 Å². The van der Waals surface area contributed by atoms with Crippen molar-refractivity contribution in [1.29, 1.82) is 0 Å². The summed E-state index contributed by atoms with van der Waals surface area (Å²) in [5, 5.41) is 7.97. The Labute approximate surface area is 199 Å². The molecule has 0 spiro atoms. The lowest BCUT2D eigenvalue weighted by molar-refractivity contribution is -0.136. The fourth-order valence-electron chi connectivity index (χ4n) is 4.89. The molecule has 6 nitrogen and oxygen atoms in total. The quantitative estimate of drug-likeness (QED) is 0.377. The van der Waals surface area contributed by atoms with Crippen molar-refractivity contribution in [2.75, 3.05) is 26.3 Å². The van der Waals surface area contributed by atoms with E-state index in [9.17, 15) is 13.2 Å². The van der Waals surface area contributed by atoms with Crippen LogP contribution in [0.4, 0.5) is 13.2 Å². The van der Waals surface area contributed by atoms with Crippen LogP contribution in [0.5, 0.6) is 0 Å². The highest BCUT2D eigenvalue weighted by Crippen LogP contribution is 2.46. The first-order valence-corrected chi connectivity index (χ1v) is 11.5. The van der Waals surface area contributed by atoms with E-state index in [1.807, 2.05) is 12.1 Å². The van der Waals surface area contributed by atoms with Crippen LogP contribution in [0.2, 0.25) is 0 Å². The van der Waals surface area contributed by atoms with Gasteiger partial charge in [0.1, 0.15) is 11.3 Å². The molecule has 0 radical (unpaired) electrons. The highest BCUT2D eigenvalue weighted by Gasteiger charge is 2.43. The summed E-state index contributed by atoms with van der Waals surface area (Å²) in [6.07, 6.45) is -3.49. The average Bonchev–Trinajstić information content (AvgIpc) is 3.50. The number of aryl methyl sites for hydroxylation is 1. The van der Waals surface area contributed by atoms with Gasteiger partial charge < -0.3 is 13.8 Å². The van der Waals surface area contributed by atoms with Gasteiger partial charge in [-0.05, 0) is 24.0 Å². The molecule has 0 N–H and O–H groups in total. The molecule has 0 unspecified atom stereocenters. The van der Waals surface area contributed by atoms with Gasteiger partial charge in [-0.25, -0.2) is 0 Å². The average molecular weight is 481 g/mol. The monoisotopic (exact) mass is 481 g/mol. The molecule has 1 aliphatic heterocycles. The second kappa shape index (κ2) is 8.66. The lowest BCUT2D eigenvalue weighted by Gasteiger charge is -2.27. The van der Waals surface area contributed by atoms with Gasteiger partial charge in [0.05, 0.1) is 13.2 Å². The number of benzene rings is 2. The van der Waals surface area contributed by atoms with E-state index in [2.05, 4.69) is 21.3 Å². The molecule has 2 aromatic heterocycles. The van der Waals surface area contributed by atoms with E-state index in [0.717, 1.165) is 44.0 Å². The Morgan fingerprint density at radius 1 is 0.857 bits per heavy atom. The van der Waals surface area contributed by atoms with Crippen LogP contribution in [0.3, 0.4) is 0 Å². The van der Waals surface area contributed by atoms with E-state index in [4.69, 9.17) is 13.8 Å². The number of nitrogens with zero attached hydrogens (tertiary/aromatic N) is 3. The molecule has 0 amide bonds. The van der Waals surface area contributed by atoms with E-state index in [0.29, 0.717) is 29.7 Å². The summed E-state index contributed by atoms with van der Waals surface area (Å²) in [5.41, 5.74) is 3.36. The van der Waals surface area contributed by atoms with E-state index in [1.165, 1.54) is 5.56 Å². The van der Waals surface area contributed by atoms with Crippen LogP contribution in [-0.2, 0) is 30.3 Å². The van der Waals surface area contributed by atoms with Crippen LogP contribution in [-0.4, -0.2) is 41.5 Å². The van der Waals surface area contributed by atoms with Crippen LogP contribution in [0.1, 0.15) is 22.3 Å². The SMILES string of the molecule is FC(F)(F)c1c(-c2onc3c2CCc2cc(CN4CCOCC4)ccc2-3)noc1-c1ccccc1. The van der Waals surface area contributed by atoms with Crippen LogP contribution >= 0.6 is 0 Å².